The summed E-state index contributed by atoms with van der Waals surface area (Å²) in [6.45, 7) is 14.5. The summed E-state index contributed by atoms with van der Waals surface area (Å²) in [7, 11) is 0. The van der Waals surface area contributed by atoms with E-state index in [1.54, 1.807) is 24.3 Å². The van der Waals surface area contributed by atoms with Crippen molar-refractivity contribution in [3.63, 3.8) is 0 Å². The Kier molecular flexibility index (Phi) is 5.58. The van der Waals surface area contributed by atoms with Crippen LogP contribution in [0.1, 0.15) is 38.9 Å². The van der Waals surface area contributed by atoms with Crippen LogP contribution in [0.5, 0.6) is 0 Å². The maximum atomic E-state index is 10.0. The second kappa shape index (κ2) is 10.7. The topological polar surface area (TPSA) is 177 Å². The minimum Gasteiger partial charge on any atom is -0.245 e. The van der Waals surface area contributed by atoms with Crippen molar-refractivity contribution < 1.29 is 5.48 Å². The molecular weight excluding hydrogens is 500 g/mol. The molecule has 10 heteroatoms. The van der Waals surface area contributed by atoms with Crippen LogP contribution in [0.4, 0.5) is 11.4 Å². The van der Waals surface area contributed by atoms with Crippen molar-refractivity contribution in [3.05, 3.63) is 115 Å². The zero-order valence-electron chi connectivity index (χ0n) is 23.8. The minimum atomic E-state index is -0.606. The summed E-state index contributed by atoms with van der Waals surface area (Å²) in [6, 6.07) is 13.7. The van der Waals surface area contributed by atoms with Crippen LogP contribution in [0.3, 0.4) is 0 Å². The van der Waals surface area contributed by atoms with Crippen molar-refractivity contribution in [1.29, 1.82) is 31.6 Å². The lowest BCUT2D eigenvalue weighted by Gasteiger charge is -2.07. The van der Waals surface area contributed by atoms with Crippen molar-refractivity contribution in [3.8, 4) is 36.4 Å². The molecule has 0 aliphatic rings. The van der Waals surface area contributed by atoms with E-state index in [2.05, 4.69) is 19.7 Å². The Balaban J connectivity index is 2.11. The fourth-order valence-electron chi connectivity index (χ4n) is 3.75. The minimum absolute atomic E-state index is 0.0487. The third-order valence-corrected chi connectivity index (χ3v) is 5.42. The maximum absolute atomic E-state index is 10.0. The van der Waals surface area contributed by atoms with Crippen LogP contribution in [0.15, 0.2) is 48.4 Å². The molecule has 2 aromatic heterocycles. The first-order valence-corrected chi connectivity index (χ1v) is 10.7. The number of pyridine rings is 2. The number of fused-ring (bicyclic) bond motifs is 1. The van der Waals surface area contributed by atoms with Gasteiger partial charge in [-0.05, 0) is 48.4 Å². The van der Waals surface area contributed by atoms with E-state index in [0.717, 1.165) is 0 Å². The largest absolute Gasteiger partial charge is 0.245 e. The average Bonchev–Trinajstić information content (AvgIpc) is 3.02. The molecule has 0 N–H and O–H groups in total. The molecular formula is C30H8N10. The van der Waals surface area contributed by atoms with E-state index in [1.165, 1.54) is 24.3 Å². The van der Waals surface area contributed by atoms with Gasteiger partial charge in [-0.2, -0.15) is 31.6 Å². The first-order valence-electron chi connectivity index (χ1n) is 12.7. The van der Waals surface area contributed by atoms with Crippen molar-refractivity contribution in [2.24, 2.45) is 0 Å². The van der Waals surface area contributed by atoms with Crippen LogP contribution in [-0.2, 0) is 0 Å². The van der Waals surface area contributed by atoms with Gasteiger partial charge in [0.15, 0.2) is 11.4 Å². The van der Waals surface area contributed by atoms with Gasteiger partial charge in [-0.3, -0.25) is 0 Å². The molecule has 2 heterocycles. The van der Waals surface area contributed by atoms with Crippen LogP contribution in [-0.4, -0.2) is 9.97 Å². The Morgan fingerprint density at radius 3 is 1.18 bits per heavy atom. The van der Waals surface area contributed by atoms with E-state index >= 15 is 0 Å². The average molecular weight is 512 g/mol. The molecule has 178 valence electrons. The third-order valence-electron chi connectivity index (χ3n) is 5.42. The highest BCUT2D eigenvalue weighted by atomic mass is 14.8. The molecule has 2 aromatic carbocycles. The SMILES string of the molecule is [2H]c1c(C#N)c(/C(C#N)=c2\ccc3n/c(=C(/C#N)c4c(C#N)c([2H])c([N+]#[C-])c([2H])c4C#N)ccc3n2)c(C#N)c([2H])c1[N+]#[C-]. The van der Waals surface area contributed by atoms with Gasteiger partial charge >= 0.3 is 0 Å². The van der Waals surface area contributed by atoms with Gasteiger partial charge in [0.2, 0.25) is 0 Å². The maximum Gasteiger partial charge on any atom is 0.189 e. The summed E-state index contributed by atoms with van der Waals surface area (Å²) in [5.41, 5.74) is -3.73. The second-order valence-corrected chi connectivity index (χ2v) is 7.52. The fraction of sp³-hybridized carbons (Fsp3) is 0. The Morgan fingerprint density at radius 1 is 0.600 bits per heavy atom. The molecule has 0 aliphatic carbocycles. The van der Waals surface area contributed by atoms with Gasteiger partial charge in [-0.1, -0.05) is 0 Å². The standard InChI is InChI=1S/C30H8N10/c1-37-21-7-17(11-31)29(18(8-21)12-32)23(15-35)25-3-5-28-27(39-25)6-4-26(40-28)24(16-36)30-19(13-33)9-22(38-2)10-20(30)14-34/h3-10H/b25-23-,26-24+/i7D,8D,9D,10D. The number of hydrogen-bond donors (Lipinski definition) is 0. The van der Waals surface area contributed by atoms with Gasteiger partial charge in [0, 0.05) is 11.1 Å². The predicted octanol–water partition coefficient (Wildman–Crippen LogP) is 3.66. The lowest BCUT2D eigenvalue weighted by atomic mass is 9.94. The quantitative estimate of drug-likeness (QED) is 0.365. The Bertz CT molecular complexity index is 2220. The van der Waals surface area contributed by atoms with E-state index < -0.39 is 57.8 Å². The monoisotopic (exact) mass is 512 g/mol. The van der Waals surface area contributed by atoms with Crippen molar-refractivity contribution >= 4 is 33.6 Å². The lowest BCUT2D eigenvalue weighted by molar-refractivity contribution is 1.24. The Morgan fingerprint density at radius 2 is 0.925 bits per heavy atom. The predicted molar refractivity (Wildman–Crippen MR) is 139 cm³/mol. The molecule has 0 radical (unpaired) electrons. The summed E-state index contributed by atoms with van der Waals surface area (Å²) in [5, 5.41) is 58.9. The van der Waals surface area contributed by atoms with Gasteiger partial charge in [-0.15, -0.1) is 0 Å². The highest BCUT2D eigenvalue weighted by Crippen LogP contribution is 2.28. The molecule has 4 aromatic rings. The van der Waals surface area contributed by atoms with Crippen LogP contribution >= 0.6 is 0 Å². The summed E-state index contributed by atoms with van der Waals surface area (Å²) in [6.07, 6.45) is 0. The zero-order chi connectivity index (χ0) is 32.3. The smallest absolute Gasteiger partial charge is 0.189 e. The Hall–Kier alpha value is -7.34. The summed E-state index contributed by atoms with van der Waals surface area (Å²) >= 11 is 0. The van der Waals surface area contributed by atoms with Crippen molar-refractivity contribution in [2.45, 2.75) is 0 Å². The molecule has 0 unspecified atom stereocenters. The van der Waals surface area contributed by atoms with Crippen LogP contribution in [0, 0.1) is 81.1 Å². The van der Waals surface area contributed by atoms with Crippen LogP contribution in [0.25, 0.3) is 31.9 Å². The van der Waals surface area contributed by atoms with E-state index in [-0.39, 0.29) is 44.0 Å². The van der Waals surface area contributed by atoms with E-state index in [0.29, 0.717) is 0 Å². The summed E-state index contributed by atoms with van der Waals surface area (Å²) in [4.78, 5) is 14.9. The zero-order valence-corrected chi connectivity index (χ0v) is 19.8. The number of nitrogens with zero attached hydrogens (tertiary/aromatic N) is 10. The van der Waals surface area contributed by atoms with E-state index in [9.17, 15) is 31.6 Å². The highest BCUT2D eigenvalue weighted by Gasteiger charge is 2.18. The lowest BCUT2D eigenvalue weighted by Crippen LogP contribution is -2.16. The second-order valence-electron chi connectivity index (χ2n) is 7.52. The number of hydrogen-bond acceptors (Lipinski definition) is 8. The van der Waals surface area contributed by atoms with E-state index in [4.69, 9.17) is 18.6 Å². The molecule has 0 saturated heterocycles. The number of rotatable bonds is 2. The molecule has 0 spiro atoms. The van der Waals surface area contributed by atoms with E-state index in [1.807, 2.05) is 12.1 Å². The van der Waals surface area contributed by atoms with Gasteiger partial charge < -0.3 is 0 Å². The van der Waals surface area contributed by atoms with Crippen molar-refractivity contribution in [2.75, 3.05) is 0 Å². The van der Waals surface area contributed by atoms with Gasteiger partial charge in [0.05, 0.1) is 98.0 Å². The summed E-state index contributed by atoms with van der Waals surface area (Å²) in [5.74, 6) is 0. The number of benzene rings is 2. The molecule has 0 saturated carbocycles. The van der Waals surface area contributed by atoms with Gasteiger partial charge in [0.1, 0.15) is 12.1 Å². The first-order chi connectivity index (χ1) is 21.2. The normalized spacial score (nSPS) is 12.5. The molecule has 40 heavy (non-hydrogen) atoms. The van der Waals surface area contributed by atoms with Crippen LogP contribution in [0.2, 0.25) is 0 Å². The van der Waals surface area contributed by atoms with Gasteiger partial charge in [-0.25, -0.2) is 19.7 Å². The number of nitriles is 6. The van der Waals surface area contributed by atoms with Gasteiger partial charge in [0.25, 0.3) is 0 Å². The third kappa shape index (κ3) is 4.36. The highest BCUT2D eigenvalue weighted by molar-refractivity contribution is 5.87. The summed E-state index contributed by atoms with van der Waals surface area (Å²) < 4.78 is 32.8. The molecule has 0 aliphatic heterocycles. The molecule has 0 amide bonds. The van der Waals surface area contributed by atoms with Crippen molar-refractivity contribution in [1.82, 2.24) is 9.97 Å². The number of aromatic nitrogens is 2. The molecule has 0 bridgehead atoms. The Labute approximate surface area is 232 Å². The molecule has 10 nitrogen and oxygen atoms in total. The molecule has 0 fully saturated rings. The first kappa shape index (κ1) is 20.8. The van der Waals surface area contributed by atoms with Crippen LogP contribution < -0.4 is 10.7 Å². The fourth-order valence-corrected chi connectivity index (χ4v) is 3.75. The molecule has 0 atom stereocenters. The molecule has 4 rings (SSSR count).